The molecule has 0 atom stereocenters. The third kappa shape index (κ3) is 5.59. The number of benzene rings is 1. The Morgan fingerprint density at radius 1 is 1.19 bits per heavy atom. The lowest BCUT2D eigenvalue weighted by Crippen LogP contribution is -2.09. The van der Waals surface area contributed by atoms with E-state index in [1.165, 1.54) is 23.5 Å². The zero-order valence-electron chi connectivity index (χ0n) is 14.3. The lowest BCUT2D eigenvalue weighted by atomic mass is 10.2. The topological polar surface area (TPSA) is 109 Å². The normalized spacial score (nSPS) is 13.0. The second-order valence-electron chi connectivity index (χ2n) is 5.40. The summed E-state index contributed by atoms with van der Waals surface area (Å²) in [7, 11) is 1.70. The quantitative estimate of drug-likeness (QED) is 0.706. The first-order valence-electron chi connectivity index (χ1n) is 8.02. The third-order valence-electron chi connectivity index (χ3n) is 3.57. The molecule has 1 aromatic heterocycles. The maximum absolute atomic E-state index is 9.10. The van der Waals surface area contributed by atoms with Gasteiger partial charge in [-0.15, -0.1) is 0 Å². The number of nitrogens with zero attached hydrogens (tertiary/aromatic N) is 1. The number of nitrogens with one attached hydrogen (secondary N) is 1. The highest BCUT2D eigenvalue weighted by Crippen LogP contribution is 2.29. The number of hydrogen-bond donors (Lipinski definition) is 3. The van der Waals surface area contributed by atoms with E-state index in [1.807, 2.05) is 24.3 Å². The summed E-state index contributed by atoms with van der Waals surface area (Å²) in [6, 6.07) is 8.01. The number of para-hydroxylation sites is 1. The summed E-state index contributed by atoms with van der Waals surface area (Å²) >= 11 is 1.73. The van der Waals surface area contributed by atoms with Crippen LogP contribution in [0.4, 0.5) is 5.00 Å². The van der Waals surface area contributed by atoms with Crippen molar-refractivity contribution >= 4 is 40.4 Å². The van der Waals surface area contributed by atoms with Crippen molar-refractivity contribution in [1.29, 1.82) is 0 Å². The molecule has 0 unspecified atom stereocenters. The van der Waals surface area contributed by atoms with E-state index in [0.717, 1.165) is 29.3 Å². The Bertz CT molecular complexity index is 765. The van der Waals surface area contributed by atoms with E-state index in [4.69, 9.17) is 29.5 Å². The molecule has 0 bridgehead atoms. The first kappa shape index (κ1) is 19.5. The Labute approximate surface area is 155 Å². The van der Waals surface area contributed by atoms with Crippen LogP contribution in [0.25, 0.3) is 12.2 Å². The fraction of sp³-hybridized carbons (Fsp3) is 0.278. The molecule has 0 aliphatic carbocycles. The van der Waals surface area contributed by atoms with Crippen molar-refractivity contribution in [3.05, 3.63) is 40.5 Å². The number of thiazole rings is 1. The molecule has 1 aliphatic rings. The van der Waals surface area contributed by atoms with Crippen LogP contribution in [-0.4, -0.2) is 40.8 Å². The monoisotopic (exact) mass is 376 g/mol. The van der Waals surface area contributed by atoms with Crippen molar-refractivity contribution in [2.24, 2.45) is 0 Å². The molecule has 7 nitrogen and oxygen atoms in total. The number of hydrogen-bond acceptors (Lipinski definition) is 6. The van der Waals surface area contributed by atoms with Gasteiger partial charge in [-0.1, -0.05) is 29.5 Å². The van der Waals surface area contributed by atoms with Crippen molar-refractivity contribution in [2.45, 2.75) is 19.3 Å². The van der Waals surface area contributed by atoms with Gasteiger partial charge >= 0.3 is 11.9 Å². The number of fused-ring (bicyclic) bond motifs is 1. The number of aromatic nitrogens is 1. The van der Waals surface area contributed by atoms with Crippen molar-refractivity contribution in [2.75, 3.05) is 19.0 Å². The number of aliphatic carboxylic acids is 2. The molecule has 0 saturated carbocycles. The summed E-state index contributed by atoms with van der Waals surface area (Å²) in [6.07, 6.45) is 7.67. The van der Waals surface area contributed by atoms with E-state index in [0.29, 0.717) is 0 Å². The van der Waals surface area contributed by atoms with Gasteiger partial charge in [0.15, 0.2) is 0 Å². The van der Waals surface area contributed by atoms with Crippen LogP contribution in [0.1, 0.15) is 29.1 Å². The Kier molecular flexibility index (Phi) is 7.16. The Balaban J connectivity index is 0.000000352. The number of aryl methyl sites for hydroxylation is 1. The average Bonchev–Trinajstić information content (AvgIpc) is 2.89. The van der Waals surface area contributed by atoms with E-state index in [9.17, 15) is 0 Å². The van der Waals surface area contributed by atoms with Gasteiger partial charge in [-0.2, -0.15) is 0 Å². The average molecular weight is 376 g/mol. The SMILES string of the molecule is COc1ccccc1C=Cc1nc2c(s1)NCCCC2.O=C(O)C(=O)O. The van der Waals surface area contributed by atoms with E-state index in [2.05, 4.69) is 17.5 Å². The largest absolute Gasteiger partial charge is 0.496 e. The fourth-order valence-electron chi connectivity index (χ4n) is 2.33. The number of rotatable bonds is 3. The molecule has 0 amide bonds. The van der Waals surface area contributed by atoms with Crippen LogP contribution in [0, 0.1) is 0 Å². The summed E-state index contributed by atoms with van der Waals surface area (Å²) in [5.41, 5.74) is 2.29. The van der Waals surface area contributed by atoms with E-state index in [-0.39, 0.29) is 0 Å². The molecule has 2 aromatic rings. The summed E-state index contributed by atoms with van der Waals surface area (Å²) in [4.78, 5) is 22.9. The fourth-order valence-corrected chi connectivity index (χ4v) is 3.27. The van der Waals surface area contributed by atoms with Gasteiger partial charge < -0.3 is 20.3 Å². The van der Waals surface area contributed by atoms with Gasteiger partial charge in [0.05, 0.1) is 12.8 Å². The minimum Gasteiger partial charge on any atom is -0.496 e. The molecule has 0 saturated heterocycles. The van der Waals surface area contributed by atoms with Crippen molar-refractivity contribution < 1.29 is 24.5 Å². The summed E-state index contributed by atoms with van der Waals surface area (Å²) in [6.45, 7) is 1.06. The summed E-state index contributed by atoms with van der Waals surface area (Å²) in [5.74, 6) is -2.76. The van der Waals surface area contributed by atoms with Gasteiger partial charge in [0.25, 0.3) is 0 Å². The van der Waals surface area contributed by atoms with E-state index in [1.54, 1.807) is 18.4 Å². The second-order valence-corrected chi connectivity index (χ2v) is 6.43. The molecule has 1 aliphatic heterocycles. The van der Waals surface area contributed by atoms with Gasteiger partial charge in [0, 0.05) is 12.1 Å². The molecule has 138 valence electrons. The van der Waals surface area contributed by atoms with Crippen molar-refractivity contribution in [3.8, 4) is 5.75 Å². The van der Waals surface area contributed by atoms with Crippen LogP contribution in [0.2, 0.25) is 0 Å². The van der Waals surface area contributed by atoms with Gasteiger partial charge in [-0.05, 0) is 37.5 Å². The molecule has 8 heteroatoms. The highest BCUT2D eigenvalue weighted by Gasteiger charge is 2.12. The molecule has 2 heterocycles. The lowest BCUT2D eigenvalue weighted by molar-refractivity contribution is -0.159. The molecule has 0 radical (unpaired) electrons. The van der Waals surface area contributed by atoms with Crippen LogP contribution < -0.4 is 10.1 Å². The Morgan fingerprint density at radius 2 is 1.92 bits per heavy atom. The minimum atomic E-state index is -1.82. The van der Waals surface area contributed by atoms with Gasteiger partial charge in [-0.25, -0.2) is 14.6 Å². The minimum absolute atomic E-state index is 0.889. The zero-order valence-corrected chi connectivity index (χ0v) is 15.1. The maximum atomic E-state index is 9.10. The maximum Gasteiger partial charge on any atom is 0.414 e. The Morgan fingerprint density at radius 3 is 2.62 bits per heavy atom. The molecule has 0 spiro atoms. The smallest absolute Gasteiger partial charge is 0.414 e. The molecule has 3 rings (SSSR count). The number of anilines is 1. The highest BCUT2D eigenvalue weighted by atomic mass is 32.1. The molecule has 0 fully saturated rings. The summed E-state index contributed by atoms with van der Waals surface area (Å²) < 4.78 is 5.35. The highest BCUT2D eigenvalue weighted by molar-refractivity contribution is 7.16. The van der Waals surface area contributed by atoms with Gasteiger partial charge in [-0.3, -0.25) is 0 Å². The lowest BCUT2D eigenvalue weighted by Gasteiger charge is -2.02. The van der Waals surface area contributed by atoms with Crippen molar-refractivity contribution in [1.82, 2.24) is 4.98 Å². The van der Waals surface area contributed by atoms with Crippen LogP contribution in [0.5, 0.6) is 5.75 Å². The third-order valence-corrected chi connectivity index (χ3v) is 4.59. The molecular weight excluding hydrogens is 356 g/mol. The van der Waals surface area contributed by atoms with Crippen LogP contribution in [-0.2, 0) is 16.0 Å². The second kappa shape index (κ2) is 9.57. The van der Waals surface area contributed by atoms with E-state index >= 15 is 0 Å². The van der Waals surface area contributed by atoms with Crippen LogP contribution >= 0.6 is 11.3 Å². The number of methoxy groups -OCH3 is 1. The van der Waals surface area contributed by atoms with Crippen LogP contribution in [0.15, 0.2) is 24.3 Å². The number of carboxylic acids is 2. The molecule has 1 aromatic carbocycles. The predicted octanol–water partition coefficient (Wildman–Crippen LogP) is 3.23. The van der Waals surface area contributed by atoms with E-state index < -0.39 is 11.9 Å². The Hall–Kier alpha value is -2.87. The standard InChI is InChI=1S/C16H18N2OS.C2H2O4/c1-19-14-8-3-2-6-12(14)9-10-15-18-13-7-4-5-11-17-16(13)20-15;3-1(4)2(5)6/h2-3,6,8-10,17H,4-5,7,11H2,1H3;(H,3,4)(H,5,6). The number of ether oxygens (including phenoxy) is 1. The number of carbonyl (C=O) groups is 2. The zero-order chi connectivity index (χ0) is 18.9. The number of carboxylic acid groups (broad SMARTS) is 2. The summed E-state index contributed by atoms with van der Waals surface area (Å²) in [5, 5.41) is 20.5. The first-order chi connectivity index (χ1) is 12.5. The molecular formula is C18H20N2O5S. The van der Waals surface area contributed by atoms with Gasteiger partial charge in [0.1, 0.15) is 15.8 Å². The molecule has 3 N–H and O–H groups in total. The van der Waals surface area contributed by atoms with Crippen molar-refractivity contribution in [3.63, 3.8) is 0 Å². The first-order valence-corrected chi connectivity index (χ1v) is 8.83. The van der Waals surface area contributed by atoms with Gasteiger partial charge in [0.2, 0.25) is 0 Å². The molecule has 26 heavy (non-hydrogen) atoms. The predicted molar refractivity (Wildman–Crippen MR) is 101 cm³/mol. The van der Waals surface area contributed by atoms with Crippen LogP contribution in [0.3, 0.4) is 0 Å².